The van der Waals surface area contributed by atoms with Gasteiger partial charge in [0.15, 0.2) is 0 Å². The molecule has 0 amide bonds. The molecule has 0 bridgehead atoms. The summed E-state index contributed by atoms with van der Waals surface area (Å²) in [5.41, 5.74) is 15.6. The predicted octanol–water partition coefficient (Wildman–Crippen LogP) is 13.1. The van der Waals surface area contributed by atoms with Crippen molar-refractivity contribution in [3.8, 4) is 22.3 Å². The van der Waals surface area contributed by atoms with Gasteiger partial charge in [-0.3, -0.25) is 0 Å². The van der Waals surface area contributed by atoms with Crippen LogP contribution < -0.4 is 0 Å². The molecule has 47 heavy (non-hydrogen) atoms. The Morgan fingerprint density at radius 1 is 0.553 bits per heavy atom. The number of rotatable bonds is 5. The van der Waals surface area contributed by atoms with Crippen molar-refractivity contribution < 1.29 is 18.3 Å². The number of benzene rings is 6. The maximum absolute atomic E-state index is 5.52. The van der Waals surface area contributed by atoms with Crippen LogP contribution in [0.1, 0.15) is 55.8 Å². The van der Waals surface area contributed by atoms with E-state index in [0.29, 0.717) is 13.2 Å². The molecule has 0 aromatic heterocycles. The Hall–Kier alpha value is -3.93. The van der Waals surface area contributed by atoms with E-state index in [-0.39, 0.29) is 0 Å². The number of aryl methyl sites for hydroxylation is 1. The summed E-state index contributed by atoms with van der Waals surface area (Å²) in [5, 5.41) is 5.22. The van der Waals surface area contributed by atoms with Crippen LogP contribution in [-0.4, -0.2) is 4.21 Å². The number of allylic oxidation sites excluding steroid dienone is 2. The Balaban J connectivity index is 1.33. The van der Waals surface area contributed by atoms with Gasteiger partial charge in [-0.1, -0.05) is 0 Å². The molecule has 0 N–H and O–H groups in total. The molecule has 0 aliphatic heterocycles. The van der Waals surface area contributed by atoms with Gasteiger partial charge in [0, 0.05) is 0 Å². The van der Waals surface area contributed by atoms with Crippen LogP contribution in [0.3, 0.4) is 0 Å². The summed E-state index contributed by atoms with van der Waals surface area (Å²) in [6, 6.07) is 42.9. The summed E-state index contributed by atoms with van der Waals surface area (Å²) in [4.78, 5) is 0. The topological polar surface area (TPSA) is 0 Å². The molecule has 0 saturated heterocycles. The van der Waals surface area contributed by atoms with E-state index in [2.05, 4.69) is 164 Å². The first-order valence-corrected chi connectivity index (χ1v) is 26.7. The second kappa shape index (κ2) is 10.8. The predicted molar refractivity (Wildman–Crippen MR) is 204 cm³/mol. The summed E-state index contributed by atoms with van der Waals surface area (Å²) in [6.45, 7) is 9.51. The maximum atomic E-state index is 5.52. The Kier molecular flexibility index (Phi) is 6.99. The van der Waals surface area contributed by atoms with Gasteiger partial charge in [0.2, 0.25) is 0 Å². The standard InChI is InChI=1S/C22H19.C21H17.2CH3.CH2.Zr/c1-15(2)18-13-17-9-6-12-21(22(17)14-18)20-11-5-8-16-7-3-4-10-19(16)20;1-14-12-20-15(2)10-11-19(21(20)13-14)18-9-5-7-16-6-3-4-8-17(16)18;;;;/h3-15H,1-2H3;3-13H,1-2H3;2*1H3;1H2;. The summed E-state index contributed by atoms with van der Waals surface area (Å²) < 4.78 is 11.6. The zero-order valence-electron chi connectivity index (χ0n) is 28.6. The molecular weight excluding hydrogens is 644 g/mol. The van der Waals surface area contributed by atoms with Gasteiger partial charge in [0.1, 0.15) is 0 Å². The van der Waals surface area contributed by atoms with Crippen molar-refractivity contribution in [1.82, 2.24) is 0 Å². The number of hydrogen-bond donors (Lipinski definition) is 0. The van der Waals surface area contributed by atoms with E-state index in [1.165, 1.54) is 77.2 Å². The van der Waals surface area contributed by atoms with Crippen LogP contribution in [-0.2, 0) is 18.3 Å². The summed E-state index contributed by atoms with van der Waals surface area (Å²) in [7, 11) is 0. The van der Waals surface area contributed by atoms with Crippen molar-refractivity contribution in [3.05, 3.63) is 154 Å². The van der Waals surface area contributed by atoms with Crippen LogP contribution in [0.25, 0.3) is 56.0 Å². The SMILES string of the molecule is [CH2]=[Zr]([CH3])([CH3])([CH]1C(C(C)C)=Cc2c(-c3cccc4ccccc34)cccc21)[CH]1C(C)=Cc2c(-c3cccc4ccccc34)ccc(C)c21. The first-order chi connectivity index (χ1) is 22.5. The van der Waals surface area contributed by atoms with Gasteiger partial charge >= 0.3 is 283 Å². The molecule has 0 radical (unpaired) electrons. The molecule has 1 heteroatoms. The molecule has 6 aromatic rings. The number of hydrogen-bond acceptors (Lipinski definition) is 0. The van der Waals surface area contributed by atoms with E-state index in [4.69, 9.17) is 4.21 Å². The van der Waals surface area contributed by atoms with Crippen LogP contribution in [0.2, 0.25) is 9.26 Å². The van der Waals surface area contributed by atoms with E-state index in [1.807, 2.05) is 0 Å². The van der Waals surface area contributed by atoms with Gasteiger partial charge in [-0.25, -0.2) is 0 Å². The molecular formula is C46H44Zr. The van der Waals surface area contributed by atoms with E-state index in [0.717, 1.165) is 0 Å². The van der Waals surface area contributed by atoms with Gasteiger partial charge in [0.25, 0.3) is 0 Å². The molecule has 0 spiro atoms. The third-order valence-corrected chi connectivity index (χ3v) is 24.2. The third kappa shape index (κ3) is 4.61. The minimum absolute atomic E-state index is 0.362. The Bertz CT molecular complexity index is 2380. The average Bonchev–Trinajstić information content (AvgIpc) is 3.65. The molecule has 2 aliphatic carbocycles. The second-order valence-electron chi connectivity index (χ2n) is 15.6. The fourth-order valence-electron chi connectivity index (χ4n) is 9.59. The molecule has 0 fully saturated rings. The molecule has 232 valence electrons. The Labute approximate surface area is 281 Å². The monoisotopic (exact) mass is 686 g/mol. The van der Waals surface area contributed by atoms with E-state index < -0.39 is 18.3 Å². The minimum atomic E-state index is -4.04. The molecule has 2 aliphatic rings. The van der Waals surface area contributed by atoms with Crippen LogP contribution >= 0.6 is 0 Å². The van der Waals surface area contributed by atoms with Crippen molar-refractivity contribution in [2.45, 2.75) is 44.2 Å². The number of fused-ring (bicyclic) bond motifs is 4. The van der Waals surface area contributed by atoms with Gasteiger partial charge in [-0.2, -0.15) is 0 Å². The molecule has 0 nitrogen and oxygen atoms in total. The Morgan fingerprint density at radius 3 is 1.70 bits per heavy atom. The van der Waals surface area contributed by atoms with E-state index in [9.17, 15) is 0 Å². The van der Waals surface area contributed by atoms with Crippen LogP contribution in [0, 0.1) is 12.8 Å². The van der Waals surface area contributed by atoms with Crippen LogP contribution in [0.4, 0.5) is 0 Å². The van der Waals surface area contributed by atoms with Gasteiger partial charge < -0.3 is 0 Å². The van der Waals surface area contributed by atoms with Crippen molar-refractivity contribution in [1.29, 1.82) is 0 Å². The molecule has 0 heterocycles. The normalized spacial score (nSPS) is 17.6. The average molecular weight is 688 g/mol. The van der Waals surface area contributed by atoms with Gasteiger partial charge in [-0.05, 0) is 0 Å². The fraction of sp³-hybridized carbons (Fsp3) is 0.196. The zero-order chi connectivity index (χ0) is 32.7. The summed E-state index contributed by atoms with van der Waals surface area (Å²) in [6.07, 6.45) is 5.10. The van der Waals surface area contributed by atoms with Crippen molar-refractivity contribution in [2.24, 2.45) is 5.92 Å². The molecule has 2 atom stereocenters. The first-order valence-electron chi connectivity index (χ1n) is 17.2. The Morgan fingerprint density at radius 2 is 1.09 bits per heavy atom. The summed E-state index contributed by atoms with van der Waals surface area (Å²) in [5.74, 6) is 0.440. The summed E-state index contributed by atoms with van der Waals surface area (Å²) >= 11 is -4.04. The van der Waals surface area contributed by atoms with Crippen molar-refractivity contribution in [2.75, 3.05) is 0 Å². The zero-order valence-corrected chi connectivity index (χ0v) is 31.0. The molecule has 6 aromatic carbocycles. The van der Waals surface area contributed by atoms with E-state index in [1.54, 1.807) is 5.57 Å². The first kappa shape index (κ1) is 30.4. The molecule has 2 unspecified atom stereocenters. The van der Waals surface area contributed by atoms with Crippen LogP contribution in [0.15, 0.2) is 126 Å². The molecule has 8 rings (SSSR count). The van der Waals surface area contributed by atoms with Crippen LogP contribution in [0.5, 0.6) is 0 Å². The third-order valence-electron chi connectivity index (χ3n) is 11.4. The second-order valence-corrected chi connectivity index (χ2v) is 32.9. The van der Waals surface area contributed by atoms with Crippen molar-refractivity contribution >= 4 is 37.9 Å². The van der Waals surface area contributed by atoms with Crippen molar-refractivity contribution in [3.63, 3.8) is 0 Å². The van der Waals surface area contributed by atoms with Gasteiger partial charge in [0.05, 0.1) is 0 Å². The van der Waals surface area contributed by atoms with Gasteiger partial charge in [-0.15, -0.1) is 0 Å². The molecule has 0 saturated carbocycles. The quantitative estimate of drug-likeness (QED) is 0.169. The van der Waals surface area contributed by atoms with E-state index >= 15 is 0 Å². The fourth-order valence-corrected chi connectivity index (χ4v) is 24.4.